The van der Waals surface area contributed by atoms with Gasteiger partial charge in [-0.25, -0.2) is 21.8 Å². The number of nitrogens with two attached hydrogens (primary N) is 1. The van der Waals surface area contributed by atoms with Crippen LogP contribution in [0.3, 0.4) is 0 Å². The maximum Gasteiger partial charge on any atom is 0.322 e. The first-order valence-corrected chi connectivity index (χ1v) is 21.4. The summed E-state index contributed by atoms with van der Waals surface area (Å²) in [6.45, 7) is 2.64. The number of aromatic nitrogens is 1. The number of aliphatic carboxylic acids is 1. The molecule has 4 N–H and O–H groups in total. The number of sulfonamides is 2. The van der Waals surface area contributed by atoms with Crippen LogP contribution in [0.15, 0.2) is 60.6 Å². The van der Waals surface area contributed by atoms with E-state index in [4.69, 9.17) is 17.3 Å². The van der Waals surface area contributed by atoms with Crippen molar-refractivity contribution in [2.45, 2.75) is 66.5 Å². The Morgan fingerprint density at radius 3 is 2.15 bits per heavy atom. The molecule has 2 fully saturated rings. The first kappa shape index (κ1) is 37.5. The summed E-state index contributed by atoms with van der Waals surface area (Å²) in [5, 5.41) is 9.68. The second-order valence-corrected chi connectivity index (χ2v) is 19.6. The van der Waals surface area contributed by atoms with Crippen LogP contribution in [0.5, 0.6) is 0 Å². The molecular weight excluding hydrogens is 830 g/mol. The molecule has 2 aliphatic heterocycles. The lowest BCUT2D eigenvalue weighted by Gasteiger charge is -2.34. The van der Waals surface area contributed by atoms with Crippen molar-refractivity contribution in [3.8, 4) is 0 Å². The minimum absolute atomic E-state index is 0.0372. The molecule has 3 aromatic rings. The molecule has 0 bridgehead atoms. The number of carboxylic acid groups (broad SMARTS) is 1. The fourth-order valence-electron chi connectivity index (χ4n) is 6.26. The molecule has 262 valence electrons. The SMILES string of the molecule is Nc1ccc(CC(NS(=O)(=O)c2cnc(N3CCC(CCCC4CCN(S(=O)(=O)c5cc(Br)c(Cl)s5)CC4)CC3)c(Br)c2)C(=O)O)cc1. The number of carboxylic acids is 1. The average molecular weight is 868 g/mol. The Bertz CT molecular complexity index is 1790. The van der Waals surface area contributed by atoms with Gasteiger partial charge in [0, 0.05) is 42.5 Å². The molecule has 1 aromatic carbocycles. The Hall–Kier alpha value is -1.79. The van der Waals surface area contributed by atoms with Crippen LogP contribution in [-0.2, 0) is 31.3 Å². The first-order chi connectivity index (χ1) is 22.7. The molecule has 17 heteroatoms. The van der Waals surface area contributed by atoms with Gasteiger partial charge in [0.1, 0.15) is 25.3 Å². The summed E-state index contributed by atoms with van der Waals surface area (Å²) in [5.41, 5.74) is 6.87. The quantitative estimate of drug-likeness (QED) is 0.166. The van der Waals surface area contributed by atoms with E-state index in [0.717, 1.165) is 69.4 Å². The minimum atomic E-state index is -4.16. The lowest BCUT2D eigenvalue weighted by atomic mass is 9.87. The van der Waals surface area contributed by atoms with Crippen LogP contribution in [-0.4, -0.2) is 69.4 Å². The van der Waals surface area contributed by atoms with Gasteiger partial charge < -0.3 is 15.7 Å². The second-order valence-electron chi connectivity index (χ2n) is 12.3. The molecule has 0 spiro atoms. The number of halogens is 3. The van der Waals surface area contributed by atoms with E-state index in [2.05, 4.69) is 46.5 Å². The highest BCUT2D eigenvalue weighted by Crippen LogP contribution is 2.37. The average Bonchev–Trinajstić information content (AvgIpc) is 3.40. The van der Waals surface area contributed by atoms with E-state index >= 15 is 0 Å². The van der Waals surface area contributed by atoms with Gasteiger partial charge in [-0.05, 0) is 106 Å². The van der Waals surface area contributed by atoms with Crippen LogP contribution in [0, 0.1) is 11.8 Å². The Balaban J connectivity index is 1.07. The number of thiophene rings is 1. The van der Waals surface area contributed by atoms with Gasteiger partial charge in [0.15, 0.2) is 0 Å². The summed E-state index contributed by atoms with van der Waals surface area (Å²) < 4.78 is 58.0. The molecular formula is C31H38Br2ClN5O6S3. The number of anilines is 2. The van der Waals surface area contributed by atoms with E-state index in [9.17, 15) is 26.7 Å². The van der Waals surface area contributed by atoms with Crippen LogP contribution in [0.25, 0.3) is 0 Å². The molecule has 0 amide bonds. The summed E-state index contributed by atoms with van der Waals surface area (Å²) in [5.74, 6) is 0.471. The van der Waals surface area contributed by atoms with E-state index in [1.807, 2.05) is 0 Å². The third-order valence-electron chi connectivity index (χ3n) is 9.05. The van der Waals surface area contributed by atoms with Crippen LogP contribution in [0.1, 0.15) is 50.5 Å². The number of nitrogens with one attached hydrogen (secondary N) is 1. The minimum Gasteiger partial charge on any atom is -0.480 e. The number of hydrogen-bond donors (Lipinski definition) is 3. The highest BCUT2D eigenvalue weighted by molar-refractivity contribution is 9.11. The summed E-state index contributed by atoms with van der Waals surface area (Å²) in [4.78, 5) is 18.3. The second kappa shape index (κ2) is 16.0. The van der Waals surface area contributed by atoms with Crippen LogP contribution in [0.4, 0.5) is 11.5 Å². The van der Waals surface area contributed by atoms with Gasteiger partial charge in [0.25, 0.3) is 10.0 Å². The summed E-state index contributed by atoms with van der Waals surface area (Å²) in [7, 11) is -7.68. The molecule has 2 saturated heterocycles. The largest absolute Gasteiger partial charge is 0.480 e. The number of benzene rings is 1. The van der Waals surface area contributed by atoms with Crippen molar-refractivity contribution in [3.05, 3.63) is 61.4 Å². The van der Waals surface area contributed by atoms with Gasteiger partial charge in [0.2, 0.25) is 10.0 Å². The maximum absolute atomic E-state index is 13.1. The third-order valence-corrected chi connectivity index (χ3v) is 15.9. The highest BCUT2D eigenvalue weighted by Gasteiger charge is 2.32. The van der Waals surface area contributed by atoms with Gasteiger partial charge >= 0.3 is 5.97 Å². The Morgan fingerprint density at radius 2 is 1.60 bits per heavy atom. The molecule has 0 aliphatic carbocycles. The van der Waals surface area contributed by atoms with Crippen LogP contribution < -0.4 is 15.4 Å². The molecule has 0 saturated carbocycles. The fraction of sp³-hybridized carbons (Fsp3) is 0.484. The predicted octanol–water partition coefficient (Wildman–Crippen LogP) is 6.37. The van der Waals surface area contributed by atoms with E-state index in [1.165, 1.54) is 12.3 Å². The summed E-state index contributed by atoms with van der Waals surface area (Å²) in [6, 6.07) is 8.29. The lowest BCUT2D eigenvalue weighted by Crippen LogP contribution is -2.42. The molecule has 2 aliphatic rings. The Morgan fingerprint density at radius 1 is 1.00 bits per heavy atom. The van der Waals surface area contributed by atoms with E-state index in [0.29, 0.717) is 55.3 Å². The number of nitrogens with zero attached hydrogens (tertiary/aromatic N) is 3. The first-order valence-electron chi connectivity index (χ1n) is 15.7. The molecule has 11 nitrogen and oxygen atoms in total. The van der Waals surface area contributed by atoms with E-state index in [1.54, 1.807) is 34.6 Å². The third kappa shape index (κ3) is 9.30. The van der Waals surface area contributed by atoms with Crippen molar-refractivity contribution in [3.63, 3.8) is 0 Å². The zero-order valence-corrected chi connectivity index (χ0v) is 32.4. The Labute approximate surface area is 307 Å². The van der Waals surface area contributed by atoms with Crippen molar-refractivity contribution >= 4 is 92.3 Å². The van der Waals surface area contributed by atoms with E-state index < -0.39 is 32.1 Å². The summed E-state index contributed by atoms with van der Waals surface area (Å²) in [6.07, 6.45) is 8.25. The number of pyridine rings is 1. The van der Waals surface area contributed by atoms with Gasteiger partial charge in [-0.1, -0.05) is 43.0 Å². The van der Waals surface area contributed by atoms with Crippen molar-refractivity contribution in [1.29, 1.82) is 0 Å². The van der Waals surface area contributed by atoms with Gasteiger partial charge in [-0.2, -0.15) is 9.03 Å². The number of hydrogen-bond acceptors (Lipinski definition) is 9. The number of carbonyl (C=O) groups is 1. The van der Waals surface area contributed by atoms with Crippen molar-refractivity contribution in [1.82, 2.24) is 14.0 Å². The van der Waals surface area contributed by atoms with Crippen molar-refractivity contribution in [2.24, 2.45) is 11.8 Å². The van der Waals surface area contributed by atoms with Crippen LogP contribution >= 0.6 is 54.8 Å². The maximum atomic E-state index is 13.1. The highest BCUT2D eigenvalue weighted by atomic mass is 79.9. The van der Waals surface area contributed by atoms with Gasteiger partial charge in [-0.15, -0.1) is 11.3 Å². The number of nitrogen functional groups attached to an aromatic ring is 1. The number of piperidine rings is 2. The summed E-state index contributed by atoms with van der Waals surface area (Å²) >= 11 is 13.9. The van der Waals surface area contributed by atoms with Crippen molar-refractivity contribution in [2.75, 3.05) is 36.8 Å². The standard InChI is InChI=1S/C31H38Br2ClN5O6S3/c32-25-18-28(46-29(25)34)48(44,45)39-14-10-21(11-15-39)3-1-2-20-8-12-38(13-9-20)30-26(33)17-24(19-36-30)47(42,43)37-27(31(40)41)16-22-4-6-23(35)7-5-22/h4-7,17-21,27,37H,1-3,8-16,35H2,(H,40,41). The topological polar surface area (TPSA) is 163 Å². The van der Waals surface area contributed by atoms with Gasteiger partial charge in [-0.3, -0.25) is 4.79 Å². The molecule has 5 rings (SSSR count). The zero-order chi connectivity index (χ0) is 34.6. The molecule has 4 heterocycles. The zero-order valence-electron chi connectivity index (χ0n) is 26.0. The van der Waals surface area contributed by atoms with Crippen molar-refractivity contribution < 1.29 is 26.7 Å². The fourth-order valence-corrected chi connectivity index (χ4v) is 12.1. The van der Waals surface area contributed by atoms with E-state index in [-0.39, 0.29) is 15.5 Å². The monoisotopic (exact) mass is 865 g/mol. The lowest BCUT2D eigenvalue weighted by molar-refractivity contribution is -0.138. The molecule has 2 aromatic heterocycles. The van der Waals surface area contributed by atoms with Crippen LogP contribution in [0.2, 0.25) is 4.34 Å². The van der Waals surface area contributed by atoms with Gasteiger partial charge in [0.05, 0.1) is 4.47 Å². The normalized spacial score (nSPS) is 17.9. The predicted molar refractivity (Wildman–Crippen MR) is 196 cm³/mol. The molecule has 1 unspecified atom stereocenters. The Kier molecular flexibility index (Phi) is 12.5. The number of rotatable bonds is 13. The molecule has 0 radical (unpaired) electrons. The smallest absolute Gasteiger partial charge is 0.322 e. The molecule has 48 heavy (non-hydrogen) atoms. The molecule has 1 atom stereocenters.